The number of carbonyl (C=O) groups is 1. The molecule has 6 heteroatoms. The predicted molar refractivity (Wildman–Crippen MR) is 79.5 cm³/mol. The predicted octanol–water partition coefficient (Wildman–Crippen LogP) is 1.67. The molecule has 1 amide bonds. The minimum absolute atomic E-state index is 0. The van der Waals surface area contributed by atoms with Crippen molar-refractivity contribution in [1.82, 2.24) is 20.4 Å². The molecule has 19 heavy (non-hydrogen) atoms. The molecule has 0 radical (unpaired) electrons. The van der Waals surface area contributed by atoms with Crippen molar-refractivity contribution in [3.05, 3.63) is 18.0 Å². The van der Waals surface area contributed by atoms with Gasteiger partial charge in [-0.05, 0) is 34.6 Å². The van der Waals surface area contributed by atoms with Crippen LogP contribution in [0.3, 0.4) is 0 Å². The van der Waals surface area contributed by atoms with E-state index in [0.29, 0.717) is 13.1 Å². The summed E-state index contributed by atoms with van der Waals surface area (Å²) >= 11 is 0. The summed E-state index contributed by atoms with van der Waals surface area (Å²) in [5.41, 5.74) is 1.08. The van der Waals surface area contributed by atoms with Crippen LogP contribution in [0.15, 0.2) is 12.4 Å². The Balaban J connectivity index is 0.00000324. The number of halogens is 1. The van der Waals surface area contributed by atoms with Gasteiger partial charge in [-0.3, -0.25) is 9.48 Å². The van der Waals surface area contributed by atoms with Gasteiger partial charge >= 0.3 is 0 Å². The van der Waals surface area contributed by atoms with Gasteiger partial charge in [0.1, 0.15) is 0 Å². The van der Waals surface area contributed by atoms with E-state index in [2.05, 4.69) is 36.5 Å². The van der Waals surface area contributed by atoms with Gasteiger partial charge < -0.3 is 10.6 Å². The zero-order valence-electron chi connectivity index (χ0n) is 12.4. The number of amides is 1. The van der Waals surface area contributed by atoms with E-state index in [-0.39, 0.29) is 29.9 Å². The maximum Gasteiger partial charge on any atom is 0.234 e. The zero-order valence-corrected chi connectivity index (χ0v) is 13.2. The molecule has 0 bridgehead atoms. The number of nitrogens with one attached hydrogen (secondary N) is 2. The van der Waals surface area contributed by atoms with Crippen LogP contribution in [0.1, 0.15) is 40.2 Å². The molecule has 1 heterocycles. The minimum atomic E-state index is -0.00668. The molecule has 5 nitrogen and oxygen atoms in total. The normalized spacial score (nSPS) is 11.3. The fraction of sp³-hybridized carbons (Fsp3) is 0.692. The first-order chi connectivity index (χ1) is 8.29. The average molecular weight is 289 g/mol. The second-order valence-corrected chi connectivity index (χ2v) is 5.79. The molecule has 0 fully saturated rings. The van der Waals surface area contributed by atoms with E-state index in [9.17, 15) is 4.79 Å². The lowest BCUT2D eigenvalue weighted by Crippen LogP contribution is -2.37. The second kappa shape index (κ2) is 7.50. The number of nitrogens with zero attached hydrogens (tertiary/aromatic N) is 2. The molecule has 0 saturated heterocycles. The van der Waals surface area contributed by atoms with Gasteiger partial charge in [0.05, 0.1) is 18.3 Å². The lowest BCUT2D eigenvalue weighted by atomic mass is 10.1. The molecule has 0 saturated carbocycles. The molecule has 2 N–H and O–H groups in total. The molecular weight excluding hydrogens is 264 g/mol. The van der Waals surface area contributed by atoms with Crippen LogP contribution >= 0.6 is 12.4 Å². The van der Waals surface area contributed by atoms with Crippen molar-refractivity contribution in [2.75, 3.05) is 6.54 Å². The van der Waals surface area contributed by atoms with Crippen molar-refractivity contribution in [3.63, 3.8) is 0 Å². The van der Waals surface area contributed by atoms with Gasteiger partial charge in [-0.2, -0.15) is 5.10 Å². The fourth-order valence-corrected chi connectivity index (χ4v) is 1.51. The van der Waals surface area contributed by atoms with Gasteiger partial charge in [-0.1, -0.05) is 0 Å². The van der Waals surface area contributed by atoms with Gasteiger partial charge in [-0.25, -0.2) is 0 Å². The third kappa shape index (κ3) is 6.59. The van der Waals surface area contributed by atoms with E-state index in [0.717, 1.165) is 5.56 Å². The lowest BCUT2D eigenvalue weighted by Gasteiger charge is -2.18. The number of hydrogen-bond donors (Lipinski definition) is 2. The Bertz CT molecular complexity index is 396. The summed E-state index contributed by atoms with van der Waals surface area (Å²) in [4.78, 5) is 11.4. The van der Waals surface area contributed by atoms with Crippen LogP contribution in [-0.2, 0) is 16.9 Å². The van der Waals surface area contributed by atoms with Gasteiger partial charge in [-0.15, -0.1) is 12.4 Å². The highest BCUT2D eigenvalue weighted by Crippen LogP contribution is 2.12. The fourth-order valence-electron chi connectivity index (χ4n) is 1.51. The molecule has 1 rings (SSSR count). The van der Waals surface area contributed by atoms with E-state index in [4.69, 9.17) is 0 Å². The Morgan fingerprint density at radius 3 is 2.53 bits per heavy atom. The molecule has 0 aliphatic carbocycles. The summed E-state index contributed by atoms with van der Waals surface area (Å²) in [5, 5.41) is 10.3. The minimum Gasteiger partial charge on any atom is -0.353 e. The number of rotatable bonds is 5. The molecular formula is C13H25ClN4O. The maximum atomic E-state index is 11.4. The average Bonchev–Trinajstić information content (AvgIpc) is 2.64. The van der Waals surface area contributed by atoms with Crippen molar-refractivity contribution in [3.8, 4) is 0 Å². The first kappa shape index (κ1) is 17.9. The second-order valence-electron chi connectivity index (χ2n) is 5.79. The molecule has 0 aliphatic rings. The van der Waals surface area contributed by atoms with Crippen LogP contribution in [0.25, 0.3) is 0 Å². The van der Waals surface area contributed by atoms with Crippen molar-refractivity contribution in [2.24, 2.45) is 0 Å². The third-order valence-corrected chi connectivity index (χ3v) is 2.39. The van der Waals surface area contributed by atoms with Crippen molar-refractivity contribution in [1.29, 1.82) is 0 Å². The first-order valence-electron chi connectivity index (χ1n) is 6.33. The third-order valence-electron chi connectivity index (χ3n) is 2.39. The van der Waals surface area contributed by atoms with Crippen LogP contribution in [0, 0.1) is 0 Å². The van der Waals surface area contributed by atoms with Crippen LogP contribution < -0.4 is 10.6 Å². The summed E-state index contributed by atoms with van der Waals surface area (Å²) in [6, 6.07) is 0.183. The molecule has 0 atom stereocenters. The Kier molecular flexibility index (Phi) is 7.08. The van der Waals surface area contributed by atoms with Gasteiger partial charge in [0.15, 0.2) is 0 Å². The van der Waals surface area contributed by atoms with Crippen LogP contribution in [0.5, 0.6) is 0 Å². The quantitative estimate of drug-likeness (QED) is 0.867. The van der Waals surface area contributed by atoms with Crippen LogP contribution in [-0.4, -0.2) is 28.3 Å². The Morgan fingerprint density at radius 1 is 1.42 bits per heavy atom. The highest BCUT2D eigenvalue weighted by Gasteiger charge is 2.13. The molecule has 0 spiro atoms. The van der Waals surface area contributed by atoms with Crippen LogP contribution in [0.2, 0.25) is 0 Å². The summed E-state index contributed by atoms with van der Waals surface area (Å²) in [6.45, 7) is 11.2. The van der Waals surface area contributed by atoms with Gasteiger partial charge in [0, 0.05) is 24.3 Å². The van der Waals surface area contributed by atoms with Gasteiger partial charge in [0.2, 0.25) is 5.91 Å². The summed E-state index contributed by atoms with van der Waals surface area (Å²) in [7, 11) is 0. The Labute approximate surface area is 121 Å². The summed E-state index contributed by atoms with van der Waals surface area (Å²) in [6.07, 6.45) is 3.84. The number of hydrogen-bond acceptors (Lipinski definition) is 3. The van der Waals surface area contributed by atoms with Crippen molar-refractivity contribution >= 4 is 18.3 Å². The Morgan fingerprint density at radius 2 is 2.05 bits per heavy atom. The molecule has 0 aliphatic heterocycles. The number of aromatic nitrogens is 2. The van der Waals surface area contributed by atoms with Crippen molar-refractivity contribution in [2.45, 2.75) is 52.7 Å². The molecule has 1 aromatic heterocycles. The van der Waals surface area contributed by atoms with E-state index in [1.807, 2.05) is 30.9 Å². The molecule has 1 aromatic rings. The standard InChI is InChI=1S/C13H24N4O.ClH/c1-10(2)16-12(18)8-14-6-11-7-15-17(9-11)13(3,4)5;/h7,9-10,14H,6,8H2,1-5H3,(H,16,18);1H. The maximum absolute atomic E-state index is 11.4. The lowest BCUT2D eigenvalue weighted by molar-refractivity contribution is -0.120. The molecule has 110 valence electrons. The molecule has 0 unspecified atom stereocenters. The van der Waals surface area contributed by atoms with Crippen LogP contribution in [0.4, 0.5) is 0 Å². The summed E-state index contributed by atoms with van der Waals surface area (Å²) in [5.74, 6) is 0.0215. The van der Waals surface area contributed by atoms with E-state index in [1.165, 1.54) is 0 Å². The summed E-state index contributed by atoms with van der Waals surface area (Å²) < 4.78 is 1.93. The van der Waals surface area contributed by atoms with E-state index >= 15 is 0 Å². The van der Waals surface area contributed by atoms with E-state index < -0.39 is 0 Å². The Hall–Kier alpha value is -1.07. The highest BCUT2D eigenvalue weighted by atomic mass is 35.5. The highest BCUT2D eigenvalue weighted by molar-refractivity contribution is 5.85. The van der Waals surface area contributed by atoms with Crippen molar-refractivity contribution < 1.29 is 4.79 Å². The topological polar surface area (TPSA) is 59.0 Å². The van der Waals surface area contributed by atoms with Gasteiger partial charge in [0.25, 0.3) is 0 Å². The SMILES string of the molecule is CC(C)NC(=O)CNCc1cnn(C(C)(C)C)c1.Cl. The zero-order chi connectivity index (χ0) is 13.8. The smallest absolute Gasteiger partial charge is 0.234 e. The first-order valence-corrected chi connectivity index (χ1v) is 6.33. The largest absolute Gasteiger partial charge is 0.353 e. The van der Waals surface area contributed by atoms with E-state index in [1.54, 1.807) is 0 Å². The number of carbonyl (C=O) groups excluding carboxylic acids is 1. The monoisotopic (exact) mass is 288 g/mol. The molecule has 0 aromatic carbocycles.